The molecule has 0 aliphatic heterocycles. The molecule has 4 heteroatoms. The molecule has 1 saturated carbocycles. The van der Waals surface area contributed by atoms with Crippen molar-refractivity contribution in [2.75, 3.05) is 20.3 Å². The Morgan fingerprint density at radius 2 is 2.24 bits per heavy atom. The van der Waals surface area contributed by atoms with Crippen molar-refractivity contribution in [2.24, 2.45) is 23.5 Å². The standard InChI is InChI=1S/C13H26N2O2/c1-9-4-5-12(14)11(6-9)13(16)15-7-10(2)8-17-3/h9-12H,4-8,14H2,1-3H3,(H,15,16). The van der Waals surface area contributed by atoms with Crippen molar-refractivity contribution in [3.63, 3.8) is 0 Å². The van der Waals surface area contributed by atoms with Gasteiger partial charge in [-0.05, 0) is 31.1 Å². The highest BCUT2D eigenvalue weighted by Crippen LogP contribution is 2.27. The average Bonchev–Trinajstić information content (AvgIpc) is 2.29. The van der Waals surface area contributed by atoms with Gasteiger partial charge in [0.15, 0.2) is 0 Å². The molecule has 1 rings (SSSR count). The quantitative estimate of drug-likeness (QED) is 0.760. The molecule has 0 aromatic heterocycles. The van der Waals surface area contributed by atoms with Crippen molar-refractivity contribution in [3.8, 4) is 0 Å². The molecule has 4 atom stereocenters. The van der Waals surface area contributed by atoms with Crippen LogP contribution in [-0.4, -0.2) is 32.2 Å². The average molecular weight is 242 g/mol. The van der Waals surface area contributed by atoms with Crippen molar-refractivity contribution in [1.82, 2.24) is 5.32 Å². The first-order valence-corrected chi connectivity index (χ1v) is 6.56. The Hall–Kier alpha value is -0.610. The first-order valence-electron chi connectivity index (χ1n) is 6.56. The van der Waals surface area contributed by atoms with E-state index in [0.29, 0.717) is 25.0 Å². The fraction of sp³-hybridized carbons (Fsp3) is 0.923. The van der Waals surface area contributed by atoms with E-state index in [9.17, 15) is 4.79 Å². The maximum atomic E-state index is 12.0. The lowest BCUT2D eigenvalue weighted by molar-refractivity contribution is -0.127. The van der Waals surface area contributed by atoms with E-state index in [4.69, 9.17) is 10.5 Å². The molecule has 0 aromatic carbocycles. The van der Waals surface area contributed by atoms with Gasteiger partial charge in [0.1, 0.15) is 0 Å². The summed E-state index contributed by atoms with van der Waals surface area (Å²) in [6.45, 7) is 5.60. The molecule has 4 unspecified atom stereocenters. The Balaban J connectivity index is 2.35. The molecule has 0 bridgehead atoms. The van der Waals surface area contributed by atoms with E-state index in [2.05, 4.69) is 19.2 Å². The molecule has 1 amide bonds. The number of nitrogens with one attached hydrogen (secondary N) is 1. The predicted molar refractivity (Wildman–Crippen MR) is 68.5 cm³/mol. The molecule has 100 valence electrons. The molecule has 17 heavy (non-hydrogen) atoms. The first-order chi connectivity index (χ1) is 8.04. The number of hydrogen-bond donors (Lipinski definition) is 2. The van der Waals surface area contributed by atoms with E-state index in [0.717, 1.165) is 19.3 Å². The third kappa shape index (κ3) is 4.64. The molecule has 1 fully saturated rings. The third-order valence-electron chi connectivity index (χ3n) is 3.58. The van der Waals surface area contributed by atoms with Gasteiger partial charge in [0.25, 0.3) is 0 Å². The number of carbonyl (C=O) groups is 1. The summed E-state index contributed by atoms with van der Waals surface area (Å²) in [5, 5.41) is 2.99. The number of nitrogens with two attached hydrogens (primary N) is 1. The predicted octanol–water partition coefficient (Wildman–Crippen LogP) is 1.15. The Morgan fingerprint density at radius 1 is 1.53 bits per heavy atom. The fourth-order valence-electron chi connectivity index (χ4n) is 2.46. The Kier molecular flexibility index (Phi) is 5.92. The largest absolute Gasteiger partial charge is 0.384 e. The molecule has 0 saturated heterocycles. The maximum Gasteiger partial charge on any atom is 0.224 e. The van der Waals surface area contributed by atoms with Crippen LogP contribution in [0.5, 0.6) is 0 Å². The van der Waals surface area contributed by atoms with Gasteiger partial charge in [0.05, 0.1) is 12.5 Å². The molecule has 4 nitrogen and oxygen atoms in total. The number of rotatable bonds is 5. The molecule has 0 aromatic rings. The Bertz CT molecular complexity index is 246. The highest BCUT2D eigenvalue weighted by Gasteiger charge is 2.31. The minimum atomic E-state index is -0.00602. The second kappa shape index (κ2) is 6.97. The second-order valence-electron chi connectivity index (χ2n) is 5.49. The summed E-state index contributed by atoms with van der Waals surface area (Å²) in [5.41, 5.74) is 6.02. The van der Waals surface area contributed by atoms with Gasteiger partial charge in [-0.2, -0.15) is 0 Å². The summed E-state index contributed by atoms with van der Waals surface area (Å²) in [4.78, 5) is 12.0. The van der Waals surface area contributed by atoms with Crippen LogP contribution in [-0.2, 0) is 9.53 Å². The zero-order valence-electron chi connectivity index (χ0n) is 11.2. The zero-order valence-corrected chi connectivity index (χ0v) is 11.2. The molecular formula is C13H26N2O2. The molecule has 1 aliphatic carbocycles. The van der Waals surface area contributed by atoms with E-state index < -0.39 is 0 Å². The highest BCUT2D eigenvalue weighted by molar-refractivity contribution is 5.79. The summed E-state index contributed by atoms with van der Waals surface area (Å²) in [7, 11) is 1.68. The topological polar surface area (TPSA) is 64.3 Å². The summed E-state index contributed by atoms with van der Waals surface area (Å²) < 4.78 is 5.04. The van der Waals surface area contributed by atoms with Crippen LogP contribution in [0, 0.1) is 17.8 Å². The van der Waals surface area contributed by atoms with Gasteiger partial charge >= 0.3 is 0 Å². The molecule has 0 radical (unpaired) electrons. The van der Waals surface area contributed by atoms with Gasteiger partial charge in [-0.25, -0.2) is 0 Å². The van der Waals surface area contributed by atoms with Crippen molar-refractivity contribution in [1.29, 1.82) is 0 Å². The van der Waals surface area contributed by atoms with E-state index in [1.54, 1.807) is 7.11 Å². The fourth-order valence-corrected chi connectivity index (χ4v) is 2.46. The van der Waals surface area contributed by atoms with Gasteiger partial charge in [-0.3, -0.25) is 4.79 Å². The van der Waals surface area contributed by atoms with Crippen LogP contribution in [0.15, 0.2) is 0 Å². The lowest BCUT2D eigenvalue weighted by atomic mass is 9.78. The lowest BCUT2D eigenvalue weighted by Crippen LogP contribution is -2.46. The van der Waals surface area contributed by atoms with E-state index in [-0.39, 0.29) is 17.9 Å². The van der Waals surface area contributed by atoms with Crippen LogP contribution in [0.25, 0.3) is 0 Å². The van der Waals surface area contributed by atoms with Crippen molar-refractivity contribution < 1.29 is 9.53 Å². The van der Waals surface area contributed by atoms with Crippen LogP contribution in [0.4, 0.5) is 0 Å². The second-order valence-corrected chi connectivity index (χ2v) is 5.49. The zero-order chi connectivity index (χ0) is 12.8. The van der Waals surface area contributed by atoms with Crippen molar-refractivity contribution >= 4 is 5.91 Å². The van der Waals surface area contributed by atoms with Crippen LogP contribution in [0.2, 0.25) is 0 Å². The normalized spacial score (nSPS) is 30.9. The van der Waals surface area contributed by atoms with Crippen molar-refractivity contribution in [2.45, 2.75) is 39.2 Å². The number of hydrogen-bond acceptors (Lipinski definition) is 3. The minimum absolute atomic E-state index is 0.00602. The smallest absolute Gasteiger partial charge is 0.224 e. The van der Waals surface area contributed by atoms with Crippen LogP contribution in [0.1, 0.15) is 33.1 Å². The summed E-state index contributed by atoms with van der Waals surface area (Å²) in [6, 6.07) is 0.0314. The van der Waals surface area contributed by atoms with E-state index in [1.165, 1.54) is 0 Å². The van der Waals surface area contributed by atoms with Crippen LogP contribution >= 0.6 is 0 Å². The van der Waals surface area contributed by atoms with Crippen LogP contribution < -0.4 is 11.1 Å². The van der Waals surface area contributed by atoms with Gasteiger partial charge in [0, 0.05) is 19.7 Å². The highest BCUT2D eigenvalue weighted by atomic mass is 16.5. The number of amides is 1. The maximum absolute atomic E-state index is 12.0. The number of carbonyl (C=O) groups excluding carboxylic acids is 1. The van der Waals surface area contributed by atoms with Gasteiger partial charge in [-0.15, -0.1) is 0 Å². The van der Waals surface area contributed by atoms with E-state index >= 15 is 0 Å². The Morgan fingerprint density at radius 3 is 2.88 bits per heavy atom. The molecule has 1 aliphatic rings. The number of ether oxygens (including phenoxy) is 1. The van der Waals surface area contributed by atoms with Gasteiger partial charge in [0.2, 0.25) is 5.91 Å². The molecular weight excluding hydrogens is 216 g/mol. The van der Waals surface area contributed by atoms with Gasteiger partial charge in [-0.1, -0.05) is 13.8 Å². The first kappa shape index (κ1) is 14.5. The lowest BCUT2D eigenvalue weighted by Gasteiger charge is -2.31. The summed E-state index contributed by atoms with van der Waals surface area (Å²) >= 11 is 0. The minimum Gasteiger partial charge on any atom is -0.384 e. The number of methoxy groups -OCH3 is 1. The van der Waals surface area contributed by atoms with Crippen molar-refractivity contribution in [3.05, 3.63) is 0 Å². The molecule has 0 spiro atoms. The third-order valence-corrected chi connectivity index (χ3v) is 3.58. The Labute approximate surface area is 104 Å². The summed E-state index contributed by atoms with van der Waals surface area (Å²) in [6.07, 6.45) is 3.03. The van der Waals surface area contributed by atoms with Gasteiger partial charge < -0.3 is 15.8 Å². The van der Waals surface area contributed by atoms with Crippen LogP contribution in [0.3, 0.4) is 0 Å². The SMILES string of the molecule is COCC(C)CNC(=O)C1CC(C)CCC1N. The van der Waals surface area contributed by atoms with E-state index in [1.807, 2.05) is 0 Å². The molecule has 3 N–H and O–H groups in total. The monoisotopic (exact) mass is 242 g/mol. The summed E-state index contributed by atoms with van der Waals surface area (Å²) in [5.74, 6) is 1.07. The molecule has 0 heterocycles.